The standard InChI is InChI=1S/C21H23N3O4S2/c1-23(2)15-6-8-16(9-7-15)24-18-12-30(26,27)13-19(18)29-21(24)22-20(25)14-4-10-17(28-3)11-5-14/h4-11,18-19H,12-13H2,1-3H3. The van der Waals surface area contributed by atoms with Crippen LogP contribution in [0.1, 0.15) is 10.4 Å². The number of sulfone groups is 1. The minimum Gasteiger partial charge on any atom is -0.497 e. The van der Waals surface area contributed by atoms with Crippen LogP contribution in [-0.2, 0) is 9.84 Å². The molecule has 0 aliphatic carbocycles. The van der Waals surface area contributed by atoms with Crippen LogP contribution in [0.5, 0.6) is 5.75 Å². The second-order valence-corrected chi connectivity index (χ2v) is 10.9. The first-order valence-electron chi connectivity index (χ1n) is 9.48. The fraction of sp³-hybridized carbons (Fsp3) is 0.333. The monoisotopic (exact) mass is 445 g/mol. The Morgan fingerprint density at radius 3 is 2.37 bits per heavy atom. The fourth-order valence-corrected chi connectivity index (χ4v) is 7.58. The maximum absolute atomic E-state index is 12.8. The predicted octanol–water partition coefficient (Wildman–Crippen LogP) is 2.68. The Bertz CT molecular complexity index is 1080. The van der Waals surface area contributed by atoms with E-state index in [1.165, 1.54) is 11.8 Å². The van der Waals surface area contributed by atoms with Gasteiger partial charge in [0.05, 0.1) is 24.7 Å². The van der Waals surface area contributed by atoms with Crippen LogP contribution in [0.25, 0.3) is 0 Å². The van der Waals surface area contributed by atoms with Crippen molar-refractivity contribution >= 4 is 44.0 Å². The summed E-state index contributed by atoms with van der Waals surface area (Å²) in [4.78, 5) is 21.0. The average Bonchev–Trinajstić information content (AvgIpc) is 3.18. The molecule has 7 nitrogen and oxygen atoms in total. The molecule has 9 heteroatoms. The summed E-state index contributed by atoms with van der Waals surface area (Å²) in [6.45, 7) is 0. The van der Waals surface area contributed by atoms with E-state index in [0.717, 1.165) is 11.4 Å². The number of amidine groups is 1. The van der Waals surface area contributed by atoms with Crippen LogP contribution in [0.3, 0.4) is 0 Å². The molecule has 0 saturated carbocycles. The number of nitrogens with zero attached hydrogens (tertiary/aromatic N) is 3. The van der Waals surface area contributed by atoms with Gasteiger partial charge in [0.15, 0.2) is 15.0 Å². The average molecular weight is 446 g/mol. The van der Waals surface area contributed by atoms with E-state index in [2.05, 4.69) is 4.99 Å². The molecule has 2 unspecified atom stereocenters. The minimum atomic E-state index is -3.10. The number of aliphatic imine (C=N–C) groups is 1. The lowest BCUT2D eigenvalue weighted by Crippen LogP contribution is -2.37. The Morgan fingerprint density at radius 1 is 1.10 bits per heavy atom. The summed E-state index contributed by atoms with van der Waals surface area (Å²) < 4.78 is 29.6. The van der Waals surface area contributed by atoms with Gasteiger partial charge in [-0.3, -0.25) is 4.79 Å². The van der Waals surface area contributed by atoms with Gasteiger partial charge < -0.3 is 14.5 Å². The number of methoxy groups -OCH3 is 1. The van der Waals surface area contributed by atoms with Crippen LogP contribution in [0.4, 0.5) is 11.4 Å². The Labute approximate surface area is 180 Å². The molecular weight excluding hydrogens is 422 g/mol. The van der Waals surface area contributed by atoms with Crippen molar-refractivity contribution < 1.29 is 17.9 Å². The van der Waals surface area contributed by atoms with Gasteiger partial charge in [0.25, 0.3) is 5.91 Å². The van der Waals surface area contributed by atoms with Crippen LogP contribution in [0.2, 0.25) is 0 Å². The Kier molecular flexibility index (Phi) is 5.50. The van der Waals surface area contributed by atoms with Crippen molar-refractivity contribution in [3.05, 3.63) is 54.1 Å². The van der Waals surface area contributed by atoms with E-state index in [-0.39, 0.29) is 28.7 Å². The molecule has 2 saturated heterocycles. The van der Waals surface area contributed by atoms with Gasteiger partial charge in [0, 0.05) is 36.3 Å². The number of rotatable bonds is 4. The van der Waals surface area contributed by atoms with Crippen molar-refractivity contribution in [2.45, 2.75) is 11.3 Å². The third-order valence-electron chi connectivity index (χ3n) is 5.25. The van der Waals surface area contributed by atoms with Gasteiger partial charge in [0.1, 0.15) is 5.75 Å². The summed E-state index contributed by atoms with van der Waals surface area (Å²) >= 11 is 1.37. The van der Waals surface area contributed by atoms with E-state index in [1.54, 1.807) is 31.4 Å². The van der Waals surface area contributed by atoms with Crippen LogP contribution < -0.4 is 14.5 Å². The first-order chi connectivity index (χ1) is 14.3. The summed E-state index contributed by atoms with van der Waals surface area (Å²) in [7, 11) is 2.38. The van der Waals surface area contributed by atoms with E-state index in [4.69, 9.17) is 4.74 Å². The van der Waals surface area contributed by atoms with Gasteiger partial charge in [-0.15, -0.1) is 0 Å². The zero-order valence-electron chi connectivity index (χ0n) is 17.0. The Hall–Kier alpha value is -2.52. The zero-order valence-corrected chi connectivity index (χ0v) is 18.6. The molecule has 0 bridgehead atoms. The van der Waals surface area contributed by atoms with E-state index in [9.17, 15) is 13.2 Å². The summed E-state index contributed by atoms with van der Waals surface area (Å²) in [6, 6.07) is 14.4. The Morgan fingerprint density at radius 2 is 1.77 bits per heavy atom. The second kappa shape index (κ2) is 7.96. The van der Waals surface area contributed by atoms with Gasteiger partial charge in [0.2, 0.25) is 0 Å². The molecule has 0 aromatic heterocycles. The molecule has 2 heterocycles. The molecule has 1 amide bonds. The van der Waals surface area contributed by atoms with Gasteiger partial charge in [-0.1, -0.05) is 11.8 Å². The fourth-order valence-electron chi connectivity index (χ4n) is 3.66. The van der Waals surface area contributed by atoms with E-state index in [0.29, 0.717) is 16.5 Å². The molecule has 30 heavy (non-hydrogen) atoms. The molecule has 0 radical (unpaired) electrons. The predicted molar refractivity (Wildman–Crippen MR) is 122 cm³/mol. The number of carbonyl (C=O) groups is 1. The van der Waals surface area contributed by atoms with Gasteiger partial charge in [-0.2, -0.15) is 4.99 Å². The maximum Gasteiger partial charge on any atom is 0.279 e. The van der Waals surface area contributed by atoms with E-state index >= 15 is 0 Å². The quantitative estimate of drug-likeness (QED) is 0.716. The highest BCUT2D eigenvalue weighted by Crippen LogP contribution is 2.41. The Balaban J connectivity index is 1.68. The third kappa shape index (κ3) is 4.04. The first kappa shape index (κ1) is 20.7. The van der Waals surface area contributed by atoms with Crippen LogP contribution in [0, 0.1) is 0 Å². The lowest BCUT2D eigenvalue weighted by Gasteiger charge is -2.25. The van der Waals surface area contributed by atoms with Crippen LogP contribution >= 0.6 is 11.8 Å². The highest BCUT2D eigenvalue weighted by Gasteiger charge is 2.49. The number of thioether (sulfide) groups is 1. The normalized spacial score (nSPS) is 23.4. The van der Waals surface area contributed by atoms with Gasteiger partial charge in [-0.05, 0) is 48.5 Å². The largest absolute Gasteiger partial charge is 0.497 e. The smallest absolute Gasteiger partial charge is 0.279 e. The zero-order chi connectivity index (χ0) is 21.5. The second-order valence-electron chi connectivity index (χ2n) is 7.51. The van der Waals surface area contributed by atoms with Crippen LogP contribution in [0.15, 0.2) is 53.5 Å². The molecule has 2 atom stereocenters. The van der Waals surface area contributed by atoms with Crippen molar-refractivity contribution in [3.8, 4) is 5.75 Å². The number of hydrogen-bond acceptors (Lipinski definition) is 6. The number of hydrogen-bond donors (Lipinski definition) is 0. The number of ether oxygens (including phenoxy) is 1. The van der Waals surface area contributed by atoms with Crippen molar-refractivity contribution in [1.82, 2.24) is 0 Å². The summed E-state index contributed by atoms with van der Waals surface area (Å²) in [5, 5.41) is 0.407. The molecular formula is C21H23N3O4S2. The third-order valence-corrected chi connectivity index (χ3v) is 8.45. The number of fused-ring (bicyclic) bond motifs is 1. The summed E-state index contributed by atoms with van der Waals surface area (Å²) in [5.41, 5.74) is 2.32. The van der Waals surface area contributed by atoms with E-state index < -0.39 is 9.84 Å². The number of anilines is 2. The molecule has 2 aliphatic heterocycles. The van der Waals surface area contributed by atoms with Crippen molar-refractivity contribution in [1.29, 1.82) is 0 Å². The highest BCUT2D eigenvalue weighted by atomic mass is 32.2. The van der Waals surface area contributed by atoms with Crippen molar-refractivity contribution in [3.63, 3.8) is 0 Å². The topological polar surface area (TPSA) is 79.3 Å². The van der Waals surface area contributed by atoms with E-state index in [1.807, 2.05) is 48.2 Å². The number of carbonyl (C=O) groups excluding carboxylic acids is 1. The van der Waals surface area contributed by atoms with Crippen molar-refractivity contribution in [2.24, 2.45) is 4.99 Å². The van der Waals surface area contributed by atoms with Gasteiger partial charge in [-0.25, -0.2) is 8.42 Å². The lowest BCUT2D eigenvalue weighted by atomic mass is 10.2. The molecule has 4 rings (SSSR count). The molecule has 0 N–H and O–H groups in total. The molecule has 2 aliphatic rings. The SMILES string of the molecule is COc1ccc(C(=O)N=C2SC3CS(=O)(=O)CC3N2c2ccc(N(C)C)cc2)cc1. The molecule has 158 valence electrons. The summed E-state index contributed by atoms with van der Waals surface area (Å²) in [6.07, 6.45) is 0. The van der Waals surface area contributed by atoms with Gasteiger partial charge >= 0.3 is 0 Å². The molecule has 2 aromatic carbocycles. The van der Waals surface area contributed by atoms with Crippen LogP contribution in [-0.4, -0.2) is 63.5 Å². The minimum absolute atomic E-state index is 0.0653. The first-order valence-corrected chi connectivity index (χ1v) is 12.2. The summed E-state index contributed by atoms with van der Waals surface area (Å²) in [5.74, 6) is 0.468. The number of benzene rings is 2. The highest BCUT2D eigenvalue weighted by molar-refractivity contribution is 8.16. The van der Waals surface area contributed by atoms with Crippen molar-refractivity contribution in [2.75, 3.05) is 42.5 Å². The number of amides is 1. The molecule has 2 aromatic rings. The molecule has 2 fully saturated rings. The maximum atomic E-state index is 12.8. The lowest BCUT2D eigenvalue weighted by molar-refractivity contribution is 0.100. The molecule has 0 spiro atoms.